The molecule has 0 fully saturated rings. The number of hydrogen-bond acceptors (Lipinski definition) is 4. The van der Waals surface area contributed by atoms with Gasteiger partial charge in [-0.15, -0.1) is 0 Å². The number of nitrogens with two attached hydrogens (primary N) is 1. The van der Waals surface area contributed by atoms with Crippen molar-refractivity contribution >= 4 is 18.4 Å². The second-order valence-electron chi connectivity index (χ2n) is 2.99. The molecule has 0 heterocycles. The van der Waals surface area contributed by atoms with Crippen LogP contribution in [0.1, 0.15) is 6.92 Å². The normalized spacial score (nSPS) is 22.7. The molecule has 0 spiro atoms. The molecule has 68 valence electrons. The van der Waals surface area contributed by atoms with E-state index in [1.165, 1.54) is 0 Å². The first-order valence-electron chi connectivity index (χ1n) is 3.93. The molecule has 0 amide bonds. The Hall–Kier alpha value is -0.480. The highest BCUT2D eigenvalue weighted by atomic mass is 32.1. The van der Waals surface area contributed by atoms with E-state index in [9.17, 15) is 4.79 Å². The van der Waals surface area contributed by atoms with Gasteiger partial charge in [0.15, 0.2) is 5.78 Å². The lowest BCUT2D eigenvalue weighted by molar-refractivity contribution is -0.116. The number of ketones is 1. The van der Waals surface area contributed by atoms with Crippen LogP contribution in [-0.4, -0.2) is 36.1 Å². The Morgan fingerprint density at radius 3 is 2.67 bits per heavy atom. The van der Waals surface area contributed by atoms with Crippen LogP contribution in [0.5, 0.6) is 0 Å². The number of likely N-dealkylation sites (N-methyl/N-ethyl adjacent to an activating group) is 1. The third-order valence-corrected chi connectivity index (χ3v) is 2.62. The third-order valence-electron chi connectivity index (χ3n) is 2.14. The minimum Gasteiger partial charge on any atom is -0.375 e. The molecule has 4 heteroatoms. The number of carbonyl (C=O) groups is 1. The molecule has 0 aromatic rings. The Labute approximate surface area is 78.0 Å². The summed E-state index contributed by atoms with van der Waals surface area (Å²) in [5, 5.41) is -0.221. The van der Waals surface area contributed by atoms with Gasteiger partial charge in [0.2, 0.25) is 0 Å². The van der Waals surface area contributed by atoms with E-state index in [1.807, 2.05) is 18.9 Å². The van der Waals surface area contributed by atoms with Crippen LogP contribution in [0.15, 0.2) is 11.3 Å². The van der Waals surface area contributed by atoms with Gasteiger partial charge in [-0.3, -0.25) is 4.79 Å². The Balaban J connectivity index is 2.70. The number of thiol groups is 1. The van der Waals surface area contributed by atoms with E-state index in [-0.39, 0.29) is 11.0 Å². The van der Waals surface area contributed by atoms with E-state index in [4.69, 9.17) is 5.73 Å². The van der Waals surface area contributed by atoms with Crippen molar-refractivity contribution in [2.24, 2.45) is 5.73 Å². The quantitative estimate of drug-likeness (QED) is 0.611. The maximum Gasteiger partial charge on any atom is 0.178 e. The van der Waals surface area contributed by atoms with Crippen LogP contribution in [0.4, 0.5) is 0 Å². The first-order valence-corrected chi connectivity index (χ1v) is 4.45. The highest BCUT2D eigenvalue weighted by Gasteiger charge is 2.35. The summed E-state index contributed by atoms with van der Waals surface area (Å²) in [5.74, 6) is 0.136. The van der Waals surface area contributed by atoms with Crippen molar-refractivity contribution in [1.82, 2.24) is 4.90 Å². The second-order valence-corrected chi connectivity index (χ2v) is 3.50. The zero-order valence-electron chi connectivity index (χ0n) is 7.37. The summed E-state index contributed by atoms with van der Waals surface area (Å²) in [7, 11) is 1.93. The van der Waals surface area contributed by atoms with Gasteiger partial charge in [0.25, 0.3) is 0 Å². The van der Waals surface area contributed by atoms with Crippen LogP contribution >= 0.6 is 12.6 Å². The van der Waals surface area contributed by atoms with E-state index in [2.05, 4.69) is 12.6 Å². The van der Waals surface area contributed by atoms with Crippen LogP contribution in [0, 0.1) is 0 Å². The third kappa shape index (κ3) is 1.36. The molecule has 1 aliphatic rings. The van der Waals surface area contributed by atoms with Crippen molar-refractivity contribution in [2.75, 3.05) is 20.1 Å². The number of rotatable bonds is 3. The molecular weight excluding hydrogens is 172 g/mol. The van der Waals surface area contributed by atoms with Gasteiger partial charge in [-0.05, 0) is 6.92 Å². The van der Waals surface area contributed by atoms with Crippen molar-refractivity contribution in [2.45, 2.75) is 12.2 Å². The van der Waals surface area contributed by atoms with E-state index in [1.54, 1.807) is 0 Å². The van der Waals surface area contributed by atoms with Crippen molar-refractivity contribution in [3.05, 3.63) is 11.3 Å². The van der Waals surface area contributed by atoms with Gasteiger partial charge in [0.05, 0.1) is 0 Å². The molecule has 0 aromatic carbocycles. The lowest BCUT2D eigenvalue weighted by atomic mass is 9.92. The van der Waals surface area contributed by atoms with Gasteiger partial charge in [0.1, 0.15) is 5.25 Å². The molecule has 12 heavy (non-hydrogen) atoms. The molecule has 1 rings (SSSR count). The largest absolute Gasteiger partial charge is 0.375 e. The fourth-order valence-electron chi connectivity index (χ4n) is 1.39. The summed E-state index contributed by atoms with van der Waals surface area (Å²) in [6.45, 7) is 3.20. The van der Waals surface area contributed by atoms with Crippen molar-refractivity contribution < 1.29 is 4.79 Å². The lowest BCUT2D eigenvalue weighted by Crippen LogP contribution is -2.41. The van der Waals surface area contributed by atoms with Gasteiger partial charge in [-0.2, -0.15) is 12.6 Å². The Bertz CT molecular complexity index is 237. The summed E-state index contributed by atoms with van der Waals surface area (Å²) >= 11 is 4.18. The molecule has 3 nitrogen and oxygen atoms in total. The summed E-state index contributed by atoms with van der Waals surface area (Å²) in [6.07, 6.45) is 0. The highest BCUT2D eigenvalue weighted by molar-refractivity contribution is 7.82. The molecule has 0 bridgehead atoms. The van der Waals surface area contributed by atoms with Gasteiger partial charge in [0, 0.05) is 31.4 Å². The molecule has 0 radical (unpaired) electrons. The number of allylic oxidation sites excluding steroid dienone is 1. The average molecular weight is 186 g/mol. The van der Waals surface area contributed by atoms with E-state index >= 15 is 0 Å². The number of nitrogens with zero attached hydrogens (tertiary/aromatic N) is 1. The van der Waals surface area contributed by atoms with E-state index < -0.39 is 0 Å². The molecule has 1 aliphatic carbocycles. The molecule has 0 aromatic heterocycles. The van der Waals surface area contributed by atoms with Crippen molar-refractivity contribution in [3.63, 3.8) is 0 Å². The fraction of sp³-hybridized carbons (Fsp3) is 0.625. The van der Waals surface area contributed by atoms with Gasteiger partial charge < -0.3 is 10.6 Å². The SMILES string of the molecule is CC1=C(N(C)CCN)C(S)C1=O. The predicted molar refractivity (Wildman–Crippen MR) is 52.2 cm³/mol. The predicted octanol–water partition coefficient (Wildman–Crippen LogP) is 0.0320. The zero-order chi connectivity index (χ0) is 9.30. The maximum atomic E-state index is 11.1. The topological polar surface area (TPSA) is 46.3 Å². The molecule has 0 aliphatic heterocycles. The summed E-state index contributed by atoms with van der Waals surface area (Å²) < 4.78 is 0. The smallest absolute Gasteiger partial charge is 0.178 e. The minimum absolute atomic E-state index is 0.136. The van der Waals surface area contributed by atoms with Crippen LogP contribution in [0.25, 0.3) is 0 Å². The van der Waals surface area contributed by atoms with Crippen LogP contribution < -0.4 is 5.73 Å². The number of Topliss-reactive ketones (excluding diaryl/α,β-unsaturated/α-hetero) is 1. The minimum atomic E-state index is -0.221. The second kappa shape index (κ2) is 3.49. The van der Waals surface area contributed by atoms with Crippen LogP contribution in [0.2, 0.25) is 0 Å². The van der Waals surface area contributed by atoms with Crippen molar-refractivity contribution in [1.29, 1.82) is 0 Å². The van der Waals surface area contributed by atoms with Gasteiger partial charge in [-0.25, -0.2) is 0 Å². The Kier molecular flexibility index (Phi) is 2.80. The van der Waals surface area contributed by atoms with Crippen molar-refractivity contribution in [3.8, 4) is 0 Å². The van der Waals surface area contributed by atoms with Crippen LogP contribution in [-0.2, 0) is 4.79 Å². The van der Waals surface area contributed by atoms with E-state index in [0.717, 1.165) is 17.8 Å². The molecule has 2 N–H and O–H groups in total. The average Bonchev–Trinajstić information content (AvgIpc) is 2.05. The maximum absolute atomic E-state index is 11.1. The summed E-state index contributed by atoms with van der Waals surface area (Å²) in [4.78, 5) is 13.1. The van der Waals surface area contributed by atoms with E-state index in [0.29, 0.717) is 6.54 Å². The summed E-state index contributed by atoms with van der Waals surface area (Å²) in [6, 6.07) is 0. The lowest BCUT2D eigenvalue weighted by Gasteiger charge is -2.34. The summed E-state index contributed by atoms with van der Waals surface area (Å²) in [5.41, 5.74) is 7.24. The first-order chi connectivity index (χ1) is 5.59. The molecule has 1 atom stereocenters. The standard InChI is InChI=1S/C8H14N2OS/c1-5-6(8(12)7(5)11)10(2)4-3-9/h8,12H,3-4,9H2,1-2H3. The molecule has 0 saturated carbocycles. The monoisotopic (exact) mass is 186 g/mol. The molecular formula is C8H14N2OS. The molecule has 1 unspecified atom stereocenters. The van der Waals surface area contributed by atoms with Gasteiger partial charge in [-0.1, -0.05) is 0 Å². The van der Waals surface area contributed by atoms with Crippen LogP contribution in [0.3, 0.4) is 0 Å². The molecule has 0 saturated heterocycles. The first kappa shape index (κ1) is 9.61. The number of carbonyl (C=O) groups excluding carboxylic acids is 1. The number of hydrogen-bond donors (Lipinski definition) is 2. The Morgan fingerprint density at radius 2 is 2.25 bits per heavy atom. The van der Waals surface area contributed by atoms with Gasteiger partial charge >= 0.3 is 0 Å². The highest BCUT2D eigenvalue weighted by Crippen LogP contribution is 2.30. The zero-order valence-corrected chi connectivity index (χ0v) is 8.27. The fourth-order valence-corrected chi connectivity index (χ4v) is 1.98. The Morgan fingerprint density at radius 1 is 1.67 bits per heavy atom.